The molecule has 8 nitrogen and oxygen atoms in total. The summed E-state index contributed by atoms with van der Waals surface area (Å²) in [5.41, 5.74) is 1.13. The first kappa shape index (κ1) is 18.1. The highest BCUT2D eigenvalue weighted by Crippen LogP contribution is 2.26. The summed E-state index contributed by atoms with van der Waals surface area (Å²) in [6.07, 6.45) is 0. The number of hydrogen-bond donors (Lipinski definition) is 1. The van der Waals surface area contributed by atoms with Gasteiger partial charge in [0, 0.05) is 29.3 Å². The van der Waals surface area contributed by atoms with E-state index in [-0.39, 0.29) is 23.5 Å². The van der Waals surface area contributed by atoms with Crippen molar-refractivity contribution in [2.24, 2.45) is 0 Å². The summed E-state index contributed by atoms with van der Waals surface area (Å²) in [6, 6.07) is 12.4. The fourth-order valence-corrected chi connectivity index (χ4v) is 2.93. The average Bonchev–Trinajstić information content (AvgIpc) is 2.64. The second kappa shape index (κ2) is 7.28. The van der Waals surface area contributed by atoms with Crippen LogP contribution in [0.15, 0.2) is 53.3 Å². The van der Waals surface area contributed by atoms with Gasteiger partial charge in [-0.15, -0.1) is 0 Å². The number of methoxy groups -OCH3 is 1. The molecule has 3 rings (SSSR count). The van der Waals surface area contributed by atoms with Crippen LogP contribution in [0.1, 0.15) is 5.56 Å². The summed E-state index contributed by atoms with van der Waals surface area (Å²) in [5, 5.41) is 14.2. The summed E-state index contributed by atoms with van der Waals surface area (Å²) in [6.45, 7) is 1.56. The predicted octanol–water partition coefficient (Wildman–Crippen LogP) is 2.87. The highest BCUT2D eigenvalue weighted by atomic mass is 16.6. The van der Waals surface area contributed by atoms with Crippen molar-refractivity contribution in [3.05, 3.63) is 74.6 Å². The first-order valence-electron chi connectivity index (χ1n) is 8.12. The molecule has 3 aromatic rings. The largest absolute Gasteiger partial charge is 0.495 e. The summed E-state index contributed by atoms with van der Waals surface area (Å²) >= 11 is 0. The van der Waals surface area contributed by atoms with Crippen molar-refractivity contribution in [2.45, 2.75) is 13.5 Å². The maximum Gasteiger partial charge on any atom is 0.271 e. The van der Waals surface area contributed by atoms with E-state index in [0.717, 1.165) is 10.9 Å². The molecule has 0 bridgehead atoms. The van der Waals surface area contributed by atoms with Gasteiger partial charge >= 0.3 is 0 Å². The molecule has 0 atom stereocenters. The van der Waals surface area contributed by atoms with E-state index in [0.29, 0.717) is 11.3 Å². The van der Waals surface area contributed by atoms with Crippen molar-refractivity contribution in [3.8, 4) is 5.75 Å². The second-order valence-electron chi connectivity index (χ2n) is 5.96. The van der Waals surface area contributed by atoms with Crippen molar-refractivity contribution in [2.75, 3.05) is 12.4 Å². The van der Waals surface area contributed by atoms with E-state index in [9.17, 15) is 19.7 Å². The Morgan fingerprint density at radius 3 is 2.67 bits per heavy atom. The molecule has 0 aliphatic heterocycles. The number of para-hydroxylation sites is 1. The van der Waals surface area contributed by atoms with E-state index < -0.39 is 10.8 Å². The van der Waals surface area contributed by atoms with Gasteiger partial charge in [0.05, 0.1) is 17.5 Å². The number of carbonyl (C=O) groups is 1. The normalized spacial score (nSPS) is 10.6. The molecule has 0 saturated carbocycles. The Hall–Kier alpha value is -3.68. The number of nitrogens with one attached hydrogen (secondary N) is 1. The zero-order valence-corrected chi connectivity index (χ0v) is 14.8. The van der Waals surface area contributed by atoms with Crippen LogP contribution in [-0.2, 0) is 11.3 Å². The minimum absolute atomic E-state index is 0.132. The van der Waals surface area contributed by atoms with Crippen LogP contribution < -0.4 is 15.6 Å². The van der Waals surface area contributed by atoms with Crippen molar-refractivity contribution in [1.82, 2.24) is 4.57 Å². The predicted molar refractivity (Wildman–Crippen MR) is 101 cm³/mol. The zero-order chi connectivity index (χ0) is 19.6. The Kier molecular flexibility index (Phi) is 4.89. The van der Waals surface area contributed by atoms with Crippen LogP contribution in [-0.4, -0.2) is 22.5 Å². The first-order valence-corrected chi connectivity index (χ1v) is 8.12. The third kappa shape index (κ3) is 3.64. The van der Waals surface area contributed by atoms with Gasteiger partial charge in [-0.05, 0) is 24.6 Å². The third-order valence-electron chi connectivity index (χ3n) is 4.16. The van der Waals surface area contributed by atoms with Gasteiger partial charge in [-0.3, -0.25) is 24.3 Å². The van der Waals surface area contributed by atoms with E-state index in [1.165, 1.54) is 35.9 Å². The quantitative estimate of drug-likeness (QED) is 0.552. The van der Waals surface area contributed by atoms with Gasteiger partial charge in [-0.25, -0.2) is 0 Å². The highest BCUT2D eigenvalue weighted by molar-refractivity contribution is 5.93. The molecular formula is C19H17N3O5. The summed E-state index contributed by atoms with van der Waals surface area (Å²) in [5.74, 6) is 0.00473. The number of nitro groups is 1. The molecule has 27 heavy (non-hydrogen) atoms. The van der Waals surface area contributed by atoms with E-state index in [4.69, 9.17) is 4.74 Å². The molecule has 1 aromatic heterocycles. The van der Waals surface area contributed by atoms with Gasteiger partial charge in [0.2, 0.25) is 5.91 Å². The van der Waals surface area contributed by atoms with Crippen molar-refractivity contribution in [1.29, 1.82) is 0 Å². The van der Waals surface area contributed by atoms with Crippen molar-refractivity contribution < 1.29 is 14.5 Å². The van der Waals surface area contributed by atoms with Gasteiger partial charge in [0.1, 0.15) is 12.3 Å². The number of nitrogens with zero attached hydrogens (tertiary/aromatic N) is 2. The van der Waals surface area contributed by atoms with E-state index in [1.54, 1.807) is 12.1 Å². The summed E-state index contributed by atoms with van der Waals surface area (Å²) in [4.78, 5) is 35.3. The van der Waals surface area contributed by atoms with Gasteiger partial charge in [-0.1, -0.05) is 18.2 Å². The SMILES string of the molecule is COc1cccc2c(C)cc(=O)n(CC(=O)Nc3cccc([N+](=O)[O-])c3)c12. The Morgan fingerprint density at radius 1 is 1.22 bits per heavy atom. The van der Waals surface area contributed by atoms with Crippen molar-refractivity contribution in [3.63, 3.8) is 0 Å². The van der Waals surface area contributed by atoms with Crippen LogP contribution in [0.4, 0.5) is 11.4 Å². The molecule has 1 N–H and O–H groups in total. The molecule has 8 heteroatoms. The number of aryl methyl sites for hydroxylation is 1. The molecule has 0 fully saturated rings. The number of carbonyl (C=O) groups excluding carboxylic acids is 1. The molecule has 0 spiro atoms. The number of amides is 1. The number of nitro benzene ring substituents is 1. The third-order valence-corrected chi connectivity index (χ3v) is 4.16. The molecule has 0 aliphatic rings. The lowest BCUT2D eigenvalue weighted by atomic mass is 10.1. The molecular weight excluding hydrogens is 350 g/mol. The average molecular weight is 367 g/mol. The lowest BCUT2D eigenvalue weighted by molar-refractivity contribution is -0.384. The molecule has 1 amide bonds. The van der Waals surface area contributed by atoms with E-state index in [1.807, 2.05) is 19.1 Å². The number of benzene rings is 2. The monoisotopic (exact) mass is 367 g/mol. The molecule has 0 unspecified atom stereocenters. The van der Waals surface area contributed by atoms with Crippen LogP contribution >= 0.6 is 0 Å². The minimum atomic E-state index is -0.543. The Balaban J connectivity index is 1.97. The summed E-state index contributed by atoms with van der Waals surface area (Å²) in [7, 11) is 1.50. The number of pyridine rings is 1. The lowest BCUT2D eigenvalue weighted by Gasteiger charge is -2.15. The van der Waals surface area contributed by atoms with E-state index >= 15 is 0 Å². The molecule has 0 radical (unpaired) electrons. The van der Waals surface area contributed by atoms with Crippen molar-refractivity contribution >= 4 is 28.2 Å². The standard InChI is InChI=1S/C19H17N3O5/c1-12-9-18(24)21(19-15(12)7-4-8-16(19)27-2)11-17(23)20-13-5-3-6-14(10-13)22(25)26/h3-10H,11H2,1-2H3,(H,20,23). The van der Waals surface area contributed by atoms with Crippen LogP contribution in [0.25, 0.3) is 10.9 Å². The Bertz CT molecular complexity index is 1100. The first-order chi connectivity index (χ1) is 12.9. The fraction of sp³-hybridized carbons (Fsp3) is 0.158. The highest BCUT2D eigenvalue weighted by Gasteiger charge is 2.15. The minimum Gasteiger partial charge on any atom is -0.495 e. The van der Waals surface area contributed by atoms with Crippen LogP contribution in [0.5, 0.6) is 5.75 Å². The molecule has 2 aromatic carbocycles. The fourth-order valence-electron chi connectivity index (χ4n) is 2.93. The van der Waals surface area contributed by atoms with Gasteiger partial charge in [-0.2, -0.15) is 0 Å². The number of rotatable bonds is 5. The second-order valence-corrected chi connectivity index (χ2v) is 5.96. The number of aromatic nitrogens is 1. The number of hydrogen-bond acceptors (Lipinski definition) is 5. The lowest BCUT2D eigenvalue weighted by Crippen LogP contribution is -2.28. The van der Waals surface area contributed by atoms with Crippen LogP contribution in [0, 0.1) is 17.0 Å². The van der Waals surface area contributed by atoms with Gasteiger partial charge in [0.25, 0.3) is 11.2 Å². The number of anilines is 1. The number of non-ortho nitro benzene ring substituents is 1. The summed E-state index contributed by atoms with van der Waals surface area (Å²) < 4.78 is 6.68. The zero-order valence-electron chi connectivity index (χ0n) is 14.8. The number of fused-ring (bicyclic) bond motifs is 1. The molecule has 0 saturated heterocycles. The Labute approximate surface area is 154 Å². The van der Waals surface area contributed by atoms with Crippen LogP contribution in [0.3, 0.4) is 0 Å². The molecule has 0 aliphatic carbocycles. The molecule has 1 heterocycles. The van der Waals surface area contributed by atoms with E-state index in [2.05, 4.69) is 5.32 Å². The van der Waals surface area contributed by atoms with Gasteiger partial charge in [0.15, 0.2) is 0 Å². The smallest absolute Gasteiger partial charge is 0.271 e. The molecule has 138 valence electrons. The Morgan fingerprint density at radius 2 is 1.96 bits per heavy atom. The van der Waals surface area contributed by atoms with Gasteiger partial charge < -0.3 is 10.1 Å². The van der Waals surface area contributed by atoms with Crippen LogP contribution in [0.2, 0.25) is 0 Å². The topological polar surface area (TPSA) is 103 Å². The maximum absolute atomic E-state index is 12.5. The maximum atomic E-state index is 12.5. The number of ether oxygens (including phenoxy) is 1.